The maximum Gasteiger partial charge on any atom is 0.220 e. The first kappa shape index (κ1) is 15.0. The highest BCUT2D eigenvalue weighted by Gasteiger charge is 2.23. The van der Waals surface area contributed by atoms with Gasteiger partial charge in [0.1, 0.15) is 0 Å². The molecule has 4 nitrogen and oxygen atoms in total. The molecular formula is C16H25N3O. The first-order chi connectivity index (χ1) is 9.63. The van der Waals surface area contributed by atoms with Crippen LogP contribution in [0.2, 0.25) is 0 Å². The van der Waals surface area contributed by atoms with Crippen LogP contribution in [-0.2, 0) is 11.3 Å². The summed E-state index contributed by atoms with van der Waals surface area (Å²) in [6.45, 7) is 4.89. The van der Waals surface area contributed by atoms with Gasteiger partial charge in [0.25, 0.3) is 0 Å². The Morgan fingerprint density at radius 1 is 1.45 bits per heavy atom. The van der Waals surface area contributed by atoms with Gasteiger partial charge in [-0.3, -0.25) is 9.69 Å². The fraction of sp³-hybridized carbons (Fsp3) is 0.562. The third-order valence-electron chi connectivity index (χ3n) is 3.71. The van der Waals surface area contributed by atoms with Crippen LogP contribution in [0.4, 0.5) is 0 Å². The molecule has 2 unspecified atom stereocenters. The number of rotatable bonds is 6. The molecule has 2 atom stereocenters. The Kier molecular flexibility index (Phi) is 5.56. The van der Waals surface area contributed by atoms with Crippen LogP contribution in [-0.4, -0.2) is 36.0 Å². The Balaban J connectivity index is 1.71. The SMILES string of the molecule is CC(N)CCC(=O)NC1CCN(Cc2ccccc2)C1. The average Bonchev–Trinajstić information content (AvgIpc) is 2.85. The molecular weight excluding hydrogens is 250 g/mol. The van der Waals surface area contributed by atoms with Crippen molar-refractivity contribution in [2.45, 2.75) is 44.8 Å². The van der Waals surface area contributed by atoms with Crippen molar-refractivity contribution in [3.63, 3.8) is 0 Å². The van der Waals surface area contributed by atoms with E-state index in [1.165, 1.54) is 5.56 Å². The maximum absolute atomic E-state index is 11.8. The second-order valence-corrected chi connectivity index (χ2v) is 5.79. The van der Waals surface area contributed by atoms with Crippen molar-refractivity contribution >= 4 is 5.91 Å². The van der Waals surface area contributed by atoms with Gasteiger partial charge in [-0.2, -0.15) is 0 Å². The van der Waals surface area contributed by atoms with Crippen LogP contribution in [0.5, 0.6) is 0 Å². The summed E-state index contributed by atoms with van der Waals surface area (Å²) >= 11 is 0. The molecule has 110 valence electrons. The second-order valence-electron chi connectivity index (χ2n) is 5.79. The summed E-state index contributed by atoms with van der Waals surface area (Å²) in [5.74, 6) is 0.133. The average molecular weight is 275 g/mol. The Bertz CT molecular complexity index is 419. The Morgan fingerprint density at radius 3 is 2.90 bits per heavy atom. The van der Waals surface area contributed by atoms with E-state index in [-0.39, 0.29) is 11.9 Å². The lowest BCUT2D eigenvalue weighted by Crippen LogP contribution is -2.37. The molecule has 4 heteroatoms. The third kappa shape index (κ3) is 4.94. The number of carbonyl (C=O) groups excluding carboxylic acids is 1. The summed E-state index contributed by atoms with van der Waals surface area (Å²) in [5, 5.41) is 3.11. The summed E-state index contributed by atoms with van der Waals surface area (Å²) in [6, 6.07) is 10.9. The van der Waals surface area contributed by atoms with Gasteiger partial charge < -0.3 is 11.1 Å². The van der Waals surface area contributed by atoms with Crippen molar-refractivity contribution in [3.8, 4) is 0 Å². The highest BCUT2D eigenvalue weighted by Crippen LogP contribution is 2.13. The van der Waals surface area contributed by atoms with E-state index in [2.05, 4.69) is 34.5 Å². The van der Waals surface area contributed by atoms with E-state index in [0.29, 0.717) is 12.5 Å². The van der Waals surface area contributed by atoms with Gasteiger partial charge in [-0.05, 0) is 25.3 Å². The zero-order valence-electron chi connectivity index (χ0n) is 12.2. The van der Waals surface area contributed by atoms with Gasteiger partial charge in [0.15, 0.2) is 0 Å². The van der Waals surface area contributed by atoms with E-state index >= 15 is 0 Å². The monoisotopic (exact) mass is 275 g/mol. The Morgan fingerprint density at radius 2 is 2.20 bits per heavy atom. The molecule has 1 amide bonds. The molecule has 3 N–H and O–H groups in total. The van der Waals surface area contributed by atoms with Crippen molar-refractivity contribution in [2.24, 2.45) is 5.73 Å². The molecule has 1 aromatic carbocycles. The molecule has 1 aromatic rings. The molecule has 2 rings (SSSR count). The smallest absolute Gasteiger partial charge is 0.220 e. The second kappa shape index (κ2) is 7.41. The molecule has 1 aliphatic heterocycles. The number of nitrogens with one attached hydrogen (secondary N) is 1. The normalized spacial score (nSPS) is 20.8. The standard InChI is InChI=1S/C16H25N3O/c1-13(17)7-8-16(20)18-15-9-10-19(12-15)11-14-5-3-2-4-6-14/h2-6,13,15H,7-12,17H2,1H3,(H,18,20). The minimum absolute atomic E-state index is 0.0962. The first-order valence-electron chi connectivity index (χ1n) is 7.44. The fourth-order valence-corrected chi connectivity index (χ4v) is 2.59. The molecule has 0 bridgehead atoms. The summed E-state index contributed by atoms with van der Waals surface area (Å²) in [7, 11) is 0. The lowest BCUT2D eigenvalue weighted by molar-refractivity contribution is -0.121. The molecule has 1 aliphatic rings. The number of likely N-dealkylation sites (tertiary alicyclic amines) is 1. The summed E-state index contributed by atoms with van der Waals surface area (Å²) in [6.07, 6.45) is 2.33. The zero-order chi connectivity index (χ0) is 14.4. The van der Waals surface area contributed by atoms with Crippen LogP contribution in [0, 0.1) is 0 Å². The fourth-order valence-electron chi connectivity index (χ4n) is 2.59. The Hall–Kier alpha value is -1.39. The van der Waals surface area contributed by atoms with Crippen LogP contribution in [0.15, 0.2) is 30.3 Å². The molecule has 1 heterocycles. The van der Waals surface area contributed by atoms with Gasteiger partial charge in [-0.25, -0.2) is 0 Å². The molecule has 0 saturated carbocycles. The van der Waals surface area contributed by atoms with Crippen LogP contribution in [0.3, 0.4) is 0 Å². The number of carbonyl (C=O) groups is 1. The maximum atomic E-state index is 11.8. The summed E-state index contributed by atoms with van der Waals surface area (Å²) in [4.78, 5) is 14.2. The summed E-state index contributed by atoms with van der Waals surface area (Å²) in [5.41, 5.74) is 7.00. The quantitative estimate of drug-likeness (QED) is 0.827. The summed E-state index contributed by atoms with van der Waals surface area (Å²) < 4.78 is 0. The van der Waals surface area contributed by atoms with E-state index in [1.54, 1.807) is 0 Å². The number of hydrogen-bond acceptors (Lipinski definition) is 3. The molecule has 0 spiro atoms. The predicted octanol–water partition coefficient (Wildman–Crippen LogP) is 1.50. The van der Waals surface area contributed by atoms with Gasteiger partial charge in [0, 0.05) is 38.1 Å². The van der Waals surface area contributed by atoms with Gasteiger partial charge in [0.2, 0.25) is 5.91 Å². The topological polar surface area (TPSA) is 58.4 Å². The molecule has 20 heavy (non-hydrogen) atoms. The lowest BCUT2D eigenvalue weighted by Gasteiger charge is -2.17. The van der Waals surface area contributed by atoms with Crippen LogP contribution >= 0.6 is 0 Å². The molecule has 0 radical (unpaired) electrons. The van der Waals surface area contributed by atoms with Crippen LogP contribution in [0.25, 0.3) is 0 Å². The largest absolute Gasteiger partial charge is 0.352 e. The number of nitrogens with two attached hydrogens (primary N) is 1. The first-order valence-corrected chi connectivity index (χ1v) is 7.44. The molecule has 1 fully saturated rings. The predicted molar refractivity (Wildman–Crippen MR) is 81.2 cm³/mol. The Labute approximate surface area is 121 Å². The molecule has 0 aromatic heterocycles. The van der Waals surface area contributed by atoms with Gasteiger partial charge in [-0.15, -0.1) is 0 Å². The minimum Gasteiger partial charge on any atom is -0.352 e. The van der Waals surface area contributed by atoms with E-state index < -0.39 is 0 Å². The van der Waals surface area contributed by atoms with E-state index in [4.69, 9.17) is 5.73 Å². The van der Waals surface area contributed by atoms with Gasteiger partial charge >= 0.3 is 0 Å². The number of amides is 1. The van der Waals surface area contributed by atoms with E-state index in [1.807, 2.05) is 13.0 Å². The van der Waals surface area contributed by atoms with Gasteiger partial charge in [-0.1, -0.05) is 30.3 Å². The number of hydrogen-bond donors (Lipinski definition) is 2. The van der Waals surface area contributed by atoms with Crippen LogP contribution in [0.1, 0.15) is 31.7 Å². The van der Waals surface area contributed by atoms with E-state index in [9.17, 15) is 4.79 Å². The molecule has 1 saturated heterocycles. The molecule has 0 aliphatic carbocycles. The van der Waals surface area contributed by atoms with Crippen molar-refractivity contribution in [1.29, 1.82) is 0 Å². The highest BCUT2D eigenvalue weighted by atomic mass is 16.1. The van der Waals surface area contributed by atoms with Crippen molar-refractivity contribution < 1.29 is 4.79 Å². The van der Waals surface area contributed by atoms with E-state index in [0.717, 1.165) is 32.5 Å². The highest BCUT2D eigenvalue weighted by molar-refractivity contribution is 5.76. The van der Waals surface area contributed by atoms with Crippen LogP contribution < -0.4 is 11.1 Å². The third-order valence-corrected chi connectivity index (χ3v) is 3.71. The van der Waals surface area contributed by atoms with Gasteiger partial charge in [0.05, 0.1) is 0 Å². The minimum atomic E-state index is 0.0962. The van der Waals surface area contributed by atoms with Crippen molar-refractivity contribution in [1.82, 2.24) is 10.2 Å². The number of benzene rings is 1. The lowest BCUT2D eigenvalue weighted by atomic mass is 10.2. The van der Waals surface area contributed by atoms with Crippen molar-refractivity contribution in [3.05, 3.63) is 35.9 Å². The zero-order valence-corrected chi connectivity index (χ0v) is 12.2. The van der Waals surface area contributed by atoms with Crippen molar-refractivity contribution in [2.75, 3.05) is 13.1 Å². The number of nitrogens with zero attached hydrogens (tertiary/aromatic N) is 1.